The van der Waals surface area contributed by atoms with Crippen LogP contribution < -0.4 is 41.0 Å². The summed E-state index contributed by atoms with van der Waals surface area (Å²) in [6.45, 7) is 0. The fourth-order valence-corrected chi connectivity index (χ4v) is 0. The van der Waals surface area contributed by atoms with Gasteiger partial charge in [0.2, 0.25) is 0 Å². The molecule has 0 unspecified atom stereocenters. The molecule has 0 amide bonds. The van der Waals surface area contributed by atoms with Crippen molar-refractivity contribution in [3.63, 3.8) is 0 Å². The van der Waals surface area contributed by atoms with Crippen molar-refractivity contribution in [3.8, 4) is 0 Å². The first kappa shape index (κ1) is 53.3. The van der Waals surface area contributed by atoms with Gasteiger partial charge in [0.1, 0.15) is 0 Å². The third-order valence-corrected chi connectivity index (χ3v) is 0. The molecule has 0 saturated heterocycles. The van der Waals surface area contributed by atoms with Crippen molar-refractivity contribution in [1.82, 2.24) is 0 Å². The van der Waals surface area contributed by atoms with E-state index in [1.54, 1.807) is 0 Å². The molecule has 0 bridgehead atoms. The Balaban J connectivity index is 0. The van der Waals surface area contributed by atoms with Crippen molar-refractivity contribution >= 4 is 0 Å². The molecular weight excluding hydrogens is 550 g/mol. The Morgan fingerprint density at radius 2 is 0.667 bits per heavy atom. The van der Waals surface area contributed by atoms with Crippen LogP contribution in [0.4, 0.5) is 0 Å². The minimum Gasteiger partial charge on any atom is -1.00 e. The fraction of sp³-hybridized carbons (Fsp3) is 0. The summed E-state index contributed by atoms with van der Waals surface area (Å²) in [5.41, 5.74) is 0. The Morgan fingerprint density at radius 1 is 0.667 bits per heavy atom. The quantitative estimate of drug-likeness (QED) is 0.209. The first-order chi connectivity index (χ1) is 0. The van der Waals surface area contributed by atoms with Crippen LogP contribution in [0.5, 0.6) is 0 Å². The molecule has 0 heterocycles. The molecule has 0 aromatic rings. The first-order valence-electron chi connectivity index (χ1n) is 0. The Kier molecular flexibility index (Phi) is 333. The standard InChI is InChI=1S/2Ag.BrH.2Cu.HI/h;;1H;;;1H/q2*+1;;;;/p-2. The van der Waals surface area contributed by atoms with Crippen LogP contribution in [0.1, 0.15) is 0 Å². The van der Waals surface area contributed by atoms with Crippen molar-refractivity contribution in [1.29, 1.82) is 0 Å². The van der Waals surface area contributed by atoms with Crippen LogP contribution in [-0.4, -0.2) is 0 Å². The zero-order chi connectivity index (χ0) is 0. The summed E-state index contributed by atoms with van der Waals surface area (Å²) in [6, 6.07) is 0. The maximum Gasteiger partial charge on any atom is 1.00 e. The molecule has 0 aromatic heterocycles. The van der Waals surface area contributed by atoms with Crippen LogP contribution >= 0.6 is 0 Å². The summed E-state index contributed by atoms with van der Waals surface area (Å²) >= 11 is 0. The van der Waals surface area contributed by atoms with Gasteiger partial charge in [-0.1, -0.05) is 0 Å². The largest absolute Gasteiger partial charge is 1.00 e. The Bertz CT molecular complexity index is 11.5. The zero-order valence-electron chi connectivity index (χ0n) is 1.96. The number of rotatable bonds is 0. The van der Waals surface area contributed by atoms with Gasteiger partial charge in [-0.05, 0) is 0 Å². The van der Waals surface area contributed by atoms with Crippen molar-refractivity contribution in [2.24, 2.45) is 0 Å². The Hall–Kier alpha value is 3.73. The topological polar surface area (TPSA) is 0 Å². The van der Waals surface area contributed by atoms with E-state index in [-0.39, 0.29) is 120 Å². The Labute approximate surface area is 117 Å². The molecule has 0 aromatic carbocycles. The molecule has 0 N–H and O–H groups in total. The predicted molar refractivity (Wildman–Crippen MR) is 0 cm³/mol. The van der Waals surface area contributed by atoms with Crippen LogP contribution in [0, 0.1) is 0 Å². The van der Waals surface area contributed by atoms with Crippen molar-refractivity contribution in [2.75, 3.05) is 0 Å². The van der Waals surface area contributed by atoms with E-state index in [0.717, 1.165) is 0 Å². The molecule has 0 atom stereocenters. The van der Waals surface area contributed by atoms with Gasteiger partial charge in [-0.15, -0.1) is 0 Å². The fourth-order valence-electron chi connectivity index (χ4n) is 0. The second kappa shape index (κ2) is 37.5. The van der Waals surface area contributed by atoms with E-state index < -0.39 is 0 Å². The normalized spacial score (nSPS) is 0. The van der Waals surface area contributed by atoms with Gasteiger partial charge < -0.3 is 41.0 Å². The van der Waals surface area contributed by atoms with Crippen LogP contribution in [0.25, 0.3) is 0 Å². The van der Waals surface area contributed by atoms with E-state index >= 15 is 0 Å². The molecule has 0 saturated carbocycles. The SMILES string of the molecule is [Ag+].[Ag+].[Br-].[Cu].[Cu].[I-]. The summed E-state index contributed by atoms with van der Waals surface area (Å²) in [5.74, 6) is 0. The van der Waals surface area contributed by atoms with E-state index in [1.807, 2.05) is 0 Å². The Morgan fingerprint density at radius 3 is 0.667 bits per heavy atom. The number of hydrogen-bond acceptors (Lipinski definition) is 0. The van der Waals surface area contributed by atoms with E-state index in [2.05, 4.69) is 0 Å². The third kappa shape index (κ3) is 25.2. The minimum atomic E-state index is 0. The minimum absolute atomic E-state index is 0. The number of halogens is 2. The van der Waals surface area contributed by atoms with Gasteiger partial charge in [0, 0.05) is 34.1 Å². The average molecular weight is 550 g/mol. The van der Waals surface area contributed by atoms with Crippen LogP contribution in [-0.2, 0) is 78.9 Å². The van der Waals surface area contributed by atoms with Crippen molar-refractivity contribution < 1.29 is 120 Å². The van der Waals surface area contributed by atoms with E-state index in [9.17, 15) is 0 Å². The number of hydrogen-bond donors (Lipinski definition) is 0. The average Bonchev–Trinajstić information content (AvgIpc) is 0. The first-order valence-corrected chi connectivity index (χ1v) is 0. The van der Waals surface area contributed by atoms with Crippen LogP contribution in [0.3, 0.4) is 0 Å². The third-order valence-electron chi connectivity index (χ3n) is 0. The monoisotopic (exact) mass is 545 g/mol. The molecule has 0 nitrogen and oxygen atoms in total. The molecule has 58 valence electrons. The van der Waals surface area contributed by atoms with Gasteiger partial charge in [-0.2, -0.15) is 0 Å². The van der Waals surface area contributed by atoms with Gasteiger partial charge >= 0.3 is 44.8 Å². The van der Waals surface area contributed by atoms with E-state index in [1.165, 1.54) is 0 Å². The molecule has 0 aliphatic heterocycles. The van der Waals surface area contributed by atoms with E-state index in [0.29, 0.717) is 0 Å². The molecule has 6 heteroatoms. The summed E-state index contributed by atoms with van der Waals surface area (Å²) in [7, 11) is 0. The molecule has 2 radical (unpaired) electrons. The molecule has 0 rings (SSSR count). The van der Waals surface area contributed by atoms with Gasteiger partial charge in [0.05, 0.1) is 0 Å². The molecule has 0 spiro atoms. The van der Waals surface area contributed by atoms with Gasteiger partial charge in [-0.25, -0.2) is 0 Å². The smallest absolute Gasteiger partial charge is 1.00 e. The second-order valence-corrected chi connectivity index (χ2v) is 0. The maximum atomic E-state index is 0. The van der Waals surface area contributed by atoms with Crippen LogP contribution in [0.2, 0.25) is 0 Å². The second-order valence-electron chi connectivity index (χ2n) is 0. The molecule has 0 fully saturated rings. The van der Waals surface area contributed by atoms with Crippen LogP contribution in [0.15, 0.2) is 0 Å². The van der Waals surface area contributed by atoms with Gasteiger partial charge in [0.15, 0.2) is 0 Å². The molecular formula is Ag2BrCu2I. The summed E-state index contributed by atoms with van der Waals surface area (Å²) in [6.07, 6.45) is 0. The zero-order valence-corrected chi connectivity index (χ0v) is 10.6. The van der Waals surface area contributed by atoms with Crippen molar-refractivity contribution in [2.45, 2.75) is 0 Å². The van der Waals surface area contributed by atoms with Crippen molar-refractivity contribution in [3.05, 3.63) is 0 Å². The van der Waals surface area contributed by atoms with Gasteiger partial charge in [0.25, 0.3) is 0 Å². The maximum absolute atomic E-state index is 0. The molecule has 0 aliphatic carbocycles. The summed E-state index contributed by atoms with van der Waals surface area (Å²) in [5, 5.41) is 0. The van der Waals surface area contributed by atoms with E-state index in [4.69, 9.17) is 0 Å². The summed E-state index contributed by atoms with van der Waals surface area (Å²) < 4.78 is 0. The van der Waals surface area contributed by atoms with Gasteiger partial charge in [-0.3, -0.25) is 0 Å². The molecule has 0 aliphatic rings. The summed E-state index contributed by atoms with van der Waals surface area (Å²) in [4.78, 5) is 0. The molecule has 6 heavy (non-hydrogen) atoms. The predicted octanol–water partition coefficient (Wildman–Crippen LogP) is -6.00.